The number of rotatable bonds is 8. The molecule has 0 bridgehead atoms. The van der Waals surface area contributed by atoms with Crippen LogP contribution in [0.4, 0.5) is 24.5 Å². The summed E-state index contributed by atoms with van der Waals surface area (Å²) in [4.78, 5) is 13.0. The van der Waals surface area contributed by atoms with Crippen LogP contribution < -0.4 is 27.2 Å². The Labute approximate surface area is 220 Å². The van der Waals surface area contributed by atoms with Crippen molar-refractivity contribution in [3.63, 3.8) is 0 Å². The van der Waals surface area contributed by atoms with Crippen LogP contribution in [0.15, 0.2) is 70.4 Å². The third-order valence-corrected chi connectivity index (χ3v) is 5.79. The van der Waals surface area contributed by atoms with Crippen LogP contribution in [0.2, 0.25) is 0 Å². The fourth-order valence-corrected chi connectivity index (χ4v) is 3.55. The predicted octanol–water partition coefficient (Wildman–Crippen LogP) is 4.60. The lowest BCUT2D eigenvalue weighted by atomic mass is 10.0. The van der Waals surface area contributed by atoms with Crippen LogP contribution >= 0.6 is 0 Å². The molecule has 202 valence electrons. The number of hydrogen-bond donors (Lipinski definition) is 4. The number of alkyl halides is 3. The van der Waals surface area contributed by atoms with Gasteiger partial charge in [0.2, 0.25) is 0 Å². The van der Waals surface area contributed by atoms with Gasteiger partial charge >= 0.3 is 6.18 Å². The summed E-state index contributed by atoms with van der Waals surface area (Å²) in [6.07, 6.45) is -1.52. The molecular formula is C27H32F3N7O. The molecule has 2 aromatic carbocycles. The Balaban J connectivity index is 1.87. The van der Waals surface area contributed by atoms with Gasteiger partial charge in [0.15, 0.2) is 0 Å². The zero-order valence-corrected chi connectivity index (χ0v) is 21.9. The summed E-state index contributed by atoms with van der Waals surface area (Å²) in [5, 5.41) is 12.9. The maximum Gasteiger partial charge on any atom is 0.416 e. The first-order valence-corrected chi connectivity index (χ1v) is 11.9. The molecular weight excluding hydrogens is 495 g/mol. The van der Waals surface area contributed by atoms with Gasteiger partial charge in [-0.1, -0.05) is 25.6 Å². The van der Waals surface area contributed by atoms with Crippen molar-refractivity contribution >= 4 is 23.5 Å². The number of carbonyl (C=O) groups is 1. The molecule has 0 aromatic heterocycles. The zero-order chi connectivity index (χ0) is 28.2. The summed E-state index contributed by atoms with van der Waals surface area (Å²) in [6.45, 7) is 7.63. The van der Waals surface area contributed by atoms with Crippen molar-refractivity contribution in [3.8, 4) is 0 Å². The molecule has 1 aliphatic rings. The van der Waals surface area contributed by atoms with E-state index in [1.807, 2.05) is 27.7 Å². The second-order valence-electron chi connectivity index (χ2n) is 9.29. The first kappa shape index (κ1) is 28.5. The second kappa shape index (κ2) is 11.6. The molecule has 0 fully saturated rings. The second-order valence-corrected chi connectivity index (χ2v) is 9.29. The van der Waals surface area contributed by atoms with E-state index < -0.39 is 17.6 Å². The molecule has 0 aliphatic carbocycles. The summed E-state index contributed by atoms with van der Waals surface area (Å²) >= 11 is 0. The van der Waals surface area contributed by atoms with Gasteiger partial charge < -0.3 is 16.4 Å². The average molecular weight is 528 g/mol. The van der Waals surface area contributed by atoms with Crippen LogP contribution in [0.25, 0.3) is 0 Å². The van der Waals surface area contributed by atoms with Crippen molar-refractivity contribution in [2.24, 2.45) is 16.7 Å². The van der Waals surface area contributed by atoms with Gasteiger partial charge in [0.25, 0.3) is 5.91 Å². The molecule has 8 nitrogen and oxygen atoms in total. The Kier molecular flexibility index (Phi) is 8.67. The molecule has 0 radical (unpaired) electrons. The number of allylic oxidation sites excluding steroid dienone is 1. The van der Waals surface area contributed by atoms with Crippen LogP contribution in [-0.2, 0) is 12.7 Å². The van der Waals surface area contributed by atoms with Crippen molar-refractivity contribution in [2.45, 2.75) is 46.5 Å². The van der Waals surface area contributed by atoms with Crippen molar-refractivity contribution in [1.82, 2.24) is 10.3 Å². The molecule has 1 aliphatic heterocycles. The Morgan fingerprint density at radius 2 is 1.92 bits per heavy atom. The monoisotopic (exact) mass is 527 g/mol. The SMILES string of the molecule is CC1=C=C(/C(N)=C/N(N)c2cc(NC(=O)c3cc(CNC(C)C)cc(C(F)(F)F)c3)ccc2C)C=NN1C. The largest absolute Gasteiger partial charge is 0.416 e. The summed E-state index contributed by atoms with van der Waals surface area (Å²) in [5.41, 5.74) is 12.0. The normalized spacial score (nSPS) is 13.9. The van der Waals surface area contributed by atoms with Crippen LogP contribution in [-0.4, -0.2) is 30.2 Å². The topological polar surface area (TPSA) is 112 Å². The molecule has 11 heteroatoms. The van der Waals surface area contributed by atoms with E-state index in [9.17, 15) is 18.0 Å². The summed E-state index contributed by atoms with van der Waals surface area (Å²) in [6, 6.07) is 8.39. The number of amides is 1. The lowest BCUT2D eigenvalue weighted by molar-refractivity contribution is -0.137. The zero-order valence-electron chi connectivity index (χ0n) is 21.9. The van der Waals surface area contributed by atoms with Gasteiger partial charge in [-0.05, 0) is 55.3 Å². The summed E-state index contributed by atoms with van der Waals surface area (Å²) in [7, 11) is 1.79. The molecule has 0 saturated heterocycles. The van der Waals surface area contributed by atoms with Crippen LogP contribution in [0.1, 0.15) is 47.8 Å². The molecule has 0 saturated carbocycles. The number of nitrogens with one attached hydrogen (secondary N) is 2. The number of nitrogens with two attached hydrogens (primary N) is 2. The van der Waals surface area contributed by atoms with Crippen molar-refractivity contribution in [3.05, 3.63) is 87.6 Å². The van der Waals surface area contributed by atoms with Gasteiger partial charge in [-0.25, -0.2) is 5.84 Å². The Morgan fingerprint density at radius 3 is 2.55 bits per heavy atom. The van der Waals surface area contributed by atoms with E-state index in [0.29, 0.717) is 28.2 Å². The van der Waals surface area contributed by atoms with E-state index in [-0.39, 0.29) is 18.2 Å². The number of halogens is 3. The molecule has 1 heterocycles. The highest BCUT2D eigenvalue weighted by atomic mass is 19.4. The number of hydrazine groups is 1. The summed E-state index contributed by atoms with van der Waals surface area (Å²) in [5.74, 6) is 5.57. The fraction of sp³-hybridized carbons (Fsp3) is 0.296. The first-order valence-electron chi connectivity index (χ1n) is 11.9. The Hall–Kier alpha value is -4.05. The van der Waals surface area contributed by atoms with Gasteiger partial charge in [-0.15, -0.1) is 0 Å². The van der Waals surface area contributed by atoms with Gasteiger partial charge in [-0.2, -0.15) is 18.3 Å². The van der Waals surface area contributed by atoms with Crippen molar-refractivity contribution in [2.75, 3.05) is 17.4 Å². The van der Waals surface area contributed by atoms with Gasteiger partial charge in [0.05, 0.1) is 34.4 Å². The van der Waals surface area contributed by atoms with Crippen molar-refractivity contribution in [1.29, 1.82) is 0 Å². The number of aryl methyl sites for hydroxylation is 1. The maximum atomic E-state index is 13.5. The lowest BCUT2D eigenvalue weighted by Gasteiger charge is -2.20. The summed E-state index contributed by atoms with van der Waals surface area (Å²) < 4.78 is 40.5. The minimum Gasteiger partial charge on any atom is -0.396 e. The molecule has 0 unspecified atom stereocenters. The predicted molar refractivity (Wildman–Crippen MR) is 144 cm³/mol. The van der Waals surface area contributed by atoms with E-state index in [1.54, 1.807) is 36.5 Å². The Morgan fingerprint density at radius 1 is 1.21 bits per heavy atom. The maximum absolute atomic E-state index is 13.5. The van der Waals surface area contributed by atoms with E-state index >= 15 is 0 Å². The first-order chi connectivity index (χ1) is 17.7. The molecule has 6 N–H and O–H groups in total. The number of carbonyl (C=O) groups excluding carboxylic acids is 1. The van der Waals surface area contributed by atoms with Gasteiger partial charge in [-0.3, -0.25) is 14.8 Å². The minimum atomic E-state index is -4.59. The molecule has 2 aromatic rings. The van der Waals surface area contributed by atoms with E-state index in [2.05, 4.69) is 21.5 Å². The number of anilines is 2. The number of nitrogens with zero attached hydrogens (tertiary/aromatic N) is 3. The van der Waals surface area contributed by atoms with Crippen LogP contribution in [0.5, 0.6) is 0 Å². The standard InChI is InChI=1S/C27H32F3N7O/c1-16(2)33-13-19-9-20(11-22(10-19)27(28,29)30)26(38)35-23-7-6-17(3)25(12-23)37(32)15-24(31)21-8-18(4)36(5)34-14-21/h6-7,9-12,14-16,33H,13,31-32H2,1-5H3,(H,35,38)/b24-15-. The van der Waals surface area contributed by atoms with E-state index in [1.165, 1.54) is 17.3 Å². The van der Waals surface area contributed by atoms with E-state index in [4.69, 9.17) is 11.6 Å². The molecule has 3 rings (SSSR count). The smallest absolute Gasteiger partial charge is 0.396 e. The number of hydrazone groups is 1. The van der Waals surface area contributed by atoms with Crippen LogP contribution in [0, 0.1) is 6.92 Å². The minimum absolute atomic E-state index is 0.0677. The third-order valence-electron chi connectivity index (χ3n) is 5.79. The van der Waals surface area contributed by atoms with E-state index in [0.717, 1.165) is 23.4 Å². The third kappa shape index (κ3) is 7.25. The fourth-order valence-electron chi connectivity index (χ4n) is 3.55. The highest BCUT2D eigenvalue weighted by Crippen LogP contribution is 2.31. The molecule has 1 amide bonds. The highest BCUT2D eigenvalue weighted by molar-refractivity contribution is 6.04. The number of hydrogen-bond acceptors (Lipinski definition) is 7. The molecule has 38 heavy (non-hydrogen) atoms. The average Bonchev–Trinajstić information content (AvgIpc) is 2.84. The quantitative estimate of drug-likeness (QED) is 0.227. The molecule has 0 spiro atoms. The van der Waals surface area contributed by atoms with Crippen molar-refractivity contribution < 1.29 is 18.0 Å². The highest BCUT2D eigenvalue weighted by Gasteiger charge is 2.31. The lowest BCUT2D eigenvalue weighted by Crippen LogP contribution is -2.27. The number of benzene rings is 2. The Bertz CT molecular complexity index is 1340. The van der Waals surface area contributed by atoms with Gasteiger partial charge in [0.1, 0.15) is 0 Å². The van der Waals surface area contributed by atoms with Gasteiger partial charge in [0, 0.05) is 37.1 Å². The van der Waals surface area contributed by atoms with Crippen LogP contribution in [0.3, 0.4) is 0 Å². The molecule has 0 atom stereocenters.